The lowest BCUT2D eigenvalue weighted by Crippen LogP contribution is -2.18. The van der Waals surface area contributed by atoms with Crippen molar-refractivity contribution >= 4 is 0 Å². The maximum atomic E-state index is 9.94. The van der Waals surface area contributed by atoms with E-state index in [1.54, 1.807) is 20.3 Å². The molecule has 96 valence electrons. The molecule has 0 radical (unpaired) electrons. The summed E-state index contributed by atoms with van der Waals surface area (Å²) in [7, 11) is 3.22. The lowest BCUT2D eigenvalue weighted by atomic mass is 10.1. The van der Waals surface area contributed by atoms with E-state index in [0.29, 0.717) is 6.61 Å². The van der Waals surface area contributed by atoms with E-state index in [9.17, 15) is 5.11 Å². The second-order valence-corrected chi connectivity index (χ2v) is 3.89. The highest BCUT2D eigenvalue weighted by atomic mass is 16.5. The number of hydrogen-bond acceptors (Lipinski definition) is 4. The van der Waals surface area contributed by atoms with Gasteiger partial charge in [-0.1, -0.05) is 12.1 Å². The molecule has 0 saturated heterocycles. The predicted molar refractivity (Wildman–Crippen MR) is 65.2 cm³/mol. The van der Waals surface area contributed by atoms with Crippen LogP contribution >= 0.6 is 0 Å². The van der Waals surface area contributed by atoms with Gasteiger partial charge in [0.2, 0.25) is 0 Å². The number of rotatable bonds is 7. The summed E-state index contributed by atoms with van der Waals surface area (Å²) in [5, 5.41) is 9.94. The minimum Gasteiger partial charge on any atom is -0.497 e. The molecule has 0 aromatic heterocycles. The van der Waals surface area contributed by atoms with Crippen LogP contribution in [0.25, 0.3) is 0 Å². The molecule has 2 atom stereocenters. The van der Waals surface area contributed by atoms with Crippen LogP contribution in [0, 0.1) is 0 Å². The summed E-state index contributed by atoms with van der Waals surface area (Å²) >= 11 is 0. The summed E-state index contributed by atoms with van der Waals surface area (Å²) in [5.41, 5.74) is 0.786. The first-order valence-corrected chi connectivity index (χ1v) is 5.60. The van der Waals surface area contributed by atoms with Crippen LogP contribution in [-0.2, 0) is 9.47 Å². The van der Waals surface area contributed by atoms with Gasteiger partial charge < -0.3 is 19.3 Å². The molecule has 2 unspecified atom stereocenters. The van der Waals surface area contributed by atoms with Gasteiger partial charge in [-0.2, -0.15) is 0 Å². The van der Waals surface area contributed by atoms with Crippen molar-refractivity contribution in [2.45, 2.75) is 19.1 Å². The minimum atomic E-state index is -0.649. The minimum absolute atomic E-state index is 0.0275. The highest BCUT2D eigenvalue weighted by molar-refractivity contribution is 5.29. The highest BCUT2D eigenvalue weighted by Gasteiger charge is 2.10. The third-order valence-corrected chi connectivity index (χ3v) is 2.42. The van der Waals surface area contributed by atoms with Crippen molar-refractivity contribution in [3.8, 4) is 5.75 Å². The molecule has 4 heteroatoms. The van der Waals surface area contributed by atoms with Crippen molar-refractivity contribution in [3.63, 3.8) is 0 Å². The lowest BCUT2D eigenvalue weighted by molar-refractivity contribution is -0.0325. The van der Waals surface area contributed by atoms with Crippen LogP contribution in [-0.4, -0.2) is 38.6 Å². The number of benzene rings is 1. The van der Waals surface area contributed by atoms with Crippen LogP contribution < -0.4 is 4.74 Å². The molecular formula is C13H20O4. The van der Waals surface area contributed by atoms with Crippen LogP contribution in [0.15, 0.2) is 24.3 Å². The van der Waals surface area contributed by atoms with Crippen LogP contribution in [0.1, 0.15) is 18.6 Å². The molecule has 17 heavy (non-hydrogen) atoms. The van der Waals surface area contributed by atoms with Gasteiger partial charge in [0.25, 0.3) is 0 Å². The second kappa shape index (κ2) is 7.27. The maximum absolute atomic E-state index is 9.94. The van der Waals surface area contributed by atoms with E-state index in [2.05, 4.69) is 0 Å². The SMILES string of the molecule is COCC(C)OCC(O)c1cccc(OC)c1. The van der Waals surface area contributed by atoms with Crippen LogP contribution in [0.2, 0.25) is 0 Å². The summed E-state index contributed by atoms with van der Waals surface area (Å²) in [6.07, 6.45) is -0.676. The zero-order valence-electron chi connectivity index (χ0n) is 10.6. The molecule has 0 heterocycles. The molecule has 4 nitrogen and oxygen atoms in total. The third-order valence-electron chi connectivity index (χ3n) is 2.42. The monoisotopic (exact) mass is 240 g/mol. The molecule has 1 N–H and O–H groups in total. The van der Waals surface area contributed by atoms with Gasteiger partial charge in [-0.3, -0.25) is 0 Å². The predicted octanol–water partition coefficient (Wildman–Crippen LogP) is 1.78. The number of methoxy groups -OCH3 is 2. The normalized spacial score (nSPS) is 14.4. The van der Waals surface area contributed by atoms with Crippen molar-refractivity contribution in [1.29, 1.82) is 0 Å². The highest BCUT2D eigenvalue weighted by Crippen LogP contribution is 2.19. The van der Waals surface area contributed by atoms with Gasteiger partial charge >= 0.3 is 0 Å². The van der Waals surface area contributed by atoms with E-state index < -0.39 is 6.10 Å². The first-order chi connectivity index (χ1) is 8.17. The van der Waals surface area contributed by atoms with E-state index in [1.165, 1.54) is 0 Å². The van der Waals surface area contributed by atoms with Gasteiger partial charge in [-0.15, -0.1) is 0 Å². The van der Waals surface area contributed by atoms with Crippen LogP contribution in [0.3, 0.4) is 0 Å². The van der Waals surface area contributed by atoms with Crippen molar-refractivity contribution in [3.05, 3.63) is 29.8 Å². The van der Waals surface area contributed by atoms with Gasteiger partial charge in [0.1, 0.15) is 11.9 Å². The lowest BCUT2D eigenvalue weighted by Gasteiger charge is -2.16. The Kier molecular flexibility index (Phi) is 5.97. The molecule has 0 fully saturated rings. The molecule has 1 aromatic rings. The Balaban J connectivity index is 2.48. The van der Waals surface area contributed by atoms with Crippen LogP contribution in [0.4, 0.5) is 0 Å². The Hall–Kier alpha value is -1.10. The van der Waals surface area contributed by atoms with Gasteiger partial charge in [0.05, 0.1) is 26.4 Å². The molecule has 0 bridgehead atoms. The fourth-order valence-corrected chi connectivity index (χ4v) is 1.48. The molecule has 0 aliphatic rings. The zero-order valence-corrected chi connectivity index (χ0v) is 10.6. The Bertz CT molecular complexity index is 327. The van der Waals surface area contributed by atoms with Crippen molar-refractivity contribution in [2.75, 3.05) is 27.4 Å². The first kappa shape index (κ1) is 14.0. The van der Waals surface area contributed by atoms with E-state index in [-0.39, 0.29) is 12.7 Å². The second-order valence-electron chi connectivity index (χ2n) is 3.89. The molecule has 0 amide bonds. The van der Waals surface area contributed by atoms with E-state index >= 15 is 0 Å². The largest absolute Gasteiger partial charge is 0.497 e. The molecular weight excluding hydrogens is 220 g/mol. The molecule has 1 rings (SSSR count). The fraction of sp³-hybridized carbons (Fsp3) is 0.538. The summed E-state index contributed by atoms with van der Waals surface area (Å²) in [6.45, 7) is 2.67. The number of ether oxygens (including phenoxy) is 3. The van der Waals surface area contributed by atoms with Crippen molar-refractivity contribution < 1.29 is 19.3 Å². The summed E-state index contributed by atoms with van der Waals surface area (Å²) in [6, 6.07) is 7.33. The van der Waals surface area contributed by atoms with Gasteiger partial charge in [-0.25, -0.2) is 0 Å². The van der Waals surface area contributed by atoms with Gasteiger partial charge in [-0.05, 0) is 24.6 Å². The smallest absolute Gasteiger partial charge is 0.119 e. The van der Waals surface area contributed by atoms with Crippen molar-refractivity contribution in [2.24, 2.45) is 0 Å². The van der Waals surface area contributed by atoms with Crippen molar-refractivity contribution in [1.82, 2.24) is 0 Å². The van der Waals surface area contributed by atoms with E-state index in [1.807, 2.05) is 25.1 Å². The van der Waals surface area contributed by atoms with Crippen LogP contribution in [0.5, 0.6) is 5.75 Å². The average molecular weight is 240 g/mol. The molecule has 0 saturated carbocycles. The Morgan fingerprint density at radius 2 is 2.00 bits per heavy atom. The quantitative estimate of drug-likeness (QED) is 0.789. The molecule has 0 aliphatic heterocycles. The van der Waals surface area contributed by atoms with E-state index in [0.717, 1.165) is 11.3 Å². The summed E-state index contributed by atoms with van der Waals surface area (Å²) in [4.78, 5) is 0. The Morgan fingerprint density at radius 1 is 1.24 bits per heavy atom. The zero-order chi connectivity index (χ0) is 12.7. The number of hydrogen-bond donors (Lipinski definition) is 1. The maximum Gasteiger partial charge on any atom is 0.119 e. The van der Waals surface area contributed by atoms with E-state index in [4.69, 9.17) is 14.2 Å². The fourth-order valence-electron chi connectivity index (χ4n) is 1.48. The summed E-state index contributed by atoms with van der Waals surface area (Å²) in [5.74, 6) is 0.728. The Morgan fingerprint density at radius 3 is 2.65 bits per heavy atom. The number of aliphatic hydroxyl groups is 1. The third kappa shape index (κ3) is 4.73. The Labute approximate surface area is 102 Å². The topological polar surface area (TPSA) is 47.9 Å². The molecule has 0 aliphatic carbocycles. The average Bonchev–Trinajstić information content (AvgIpc) is 2.36. The standard InChI is InChI=1S/C13H20O4/c1-10(8-15-2)17-9-13(14)11-5-4-6-12(7-11)16-3/h4-7,10,13-14H,8-9H2,1-3H3. The molecule has 1 aromatic carbocycles. The van der Waals surface area contributed by atoms with Gasteiger partial charge in [0, 0.05) is 7.11 Å². The van der Waals surface area contributed by atoms with Gasteiger partial charge in [0.15, 0.2) is 0 Å². The molecule has 0 spiro atoms. The number of aliphatic hydroxyl groups excluding tert-OH is 1. The first-order valence-electron chi connectivity index (χ1n) is 5.60. The summed E-state index contributed by atoms with van der Waals surface area (Å²) < 4.78 is 15.5.